The summed E-state index contributed by atoms with van der Waals surface area (Å²) in [5.41, 5.74) is 17.3. The highest BCUT2D eigenvalue weighted by molar-refractivity contribution is 5.98. The molecule has 0 aliphatic heterocycles. The van der Waals surface area contributed by atoms with E-state index in [1.54, 1.807) is 0 Å². The van der Waals surface area contributed by atoms with E-state index in [0.29, 0.717) is 11.4 Å². The van der Waals surface area contributed by atoms with Crippen LogP contribution in [0.3, 0.4) is 0 Å². The van der Waals surface area contributed by atoms with E-state index < -0.39 is 0 Å². The summed E-state index contributed by atoms with van der Waals surface area (Å²) in [5, 5.41) is 12.3. The Morgan fingerprint density at radius 2 is 1.00 bits per heavy atom. The molecule has 4 nitrogen and oxygen atoms in total. The van der Waals surface area contributed by atoms with Crippen molar-refractivity contribution >= 4 is 11.0 Å². The van der Waals surface area contributed by atoms with E-state index >= 15 is 0 Å². The predicted molar refractivity (Wildman–Crippen MR) is 283 cm³/mol. The van der Waals surface area contributed by atoms with E-state index in [9.17, 15) is 5.11 Å². The summed E-state index contributed by atoms with van der Waals surface area (Å²) in [6.07, 6.45) is 1.93. The molecule has 0 radical (unpaired) electrons. The minimum Gasteiger partial charge on any atom is -0.507 e. The molecule has 9 rings (SSSR count). The zero-order valence-corrected chi connectivity index (χ0v) is 41.0. The number of rotatable bonds is 8. The Kier molecular flexibility index (Phi) is 11.4. The smallest absolute Gasteiger partial charge is 0.149 e. The maximum atomic E-state index is 12.3. The molecule has 0 aliphatic rings. The van der Waals surface area contributed by atoms with Crippen LogP contribution in [0.25, 0.3) is 83.9 Å². The number of nitrogens with zero attached hydrogens (tertiary/aromatic N) is 3. The Morgan fingerprint density at radius 1 is 0.418 bits per heavy atom. The van der Waals surface area contributed by atoms with Crippen molar-refractivity contribution in [3.05, 3.63) is 193 Å². The Hall–Kier alpha value is -7.04. The minimum absolute atomic E-state index is 0.0197. The van der Waals surface area contributed by atoms with Gasteiger partial charge in [-0.2, -0.15) is 0 Å². The highest BCUT2D eigenvalue weighted by Crippen LogP contribution is 2.45. The van der Waals surface area contributed by atoms with Crippen molar-refractivity contribution in [2.45, 2.75) is 92.4 Å². The lowest BCUT2D eigenvalue weighted by molar-refractivity contribution is 0.225. The zero-order chi connectivity index (χ0) is 47.5. The Balaban J connectivity index is 1.26. The number of benzene rings is 7. The van der Waals surface area contributed by atoms with E-state index in [4.69, 9.17) is 9.97 Å². The number of phenols is 1. The van der Waals surface area contributed by atoms with Gasteiger partial charge in [0.15, 0.2) is 0 Å². The molecule has 1 N–H and O–H groups in total. The second kappa shape index (κ2) is 17.0. The average molecular weight is 878 g/mol. The van der Waals surface area contributed by atoms with Crippen LogP contribution < -0.4 is 0 Å². The quantitative estimate of drug-likeness (QED) is 0.165. The third-order valence-corrected chi connectivity index (χ3v) is 14.2. The highest BCUT2D eigenvalue weighted by Gasteiger charge is 2.34. The molecule has 0 aliphatic carbocycles. The lowest BCUT2D eigenvalue weighted by Gasteiger charge is -2.39. The summed E-state index contributed by atoms with van der Waals surface area (Å²) in [7, 11) is 0. The van der Waals surface area contributed by atoms with Gasteiger partial charge in [-0.1, -0.05) is 197 Å². The molecule has 0 spiro atoms. The summed E-state index contributed by atoms with van der Waals surface area (Å²) in [6, 6.07) is 60.2. The first-order chi connectivity index (χ1) is 31.8. The highest BCUT2D eigenvalue weighted by atomic mass is 16.3. The van der Waals surface area contributed by atoms with Crippen molar-refractivity contribution in [2.24, 2.45) is 5.41 Å². The molecule has 9 aromatic rings. The van der Waals surface area contributed by atoms with Crippen molar-refractivity contribution in [2.75, 3.05) is 0 Å². The first-order valence-electron chi connectivity index (χ1n) is 23.6. The molecule has 7 aromatic carbocycles. The standard InChI is InChI=1S/C63H63N3O/c1-60(2,3)48-32-33-55(53(40-48)43-22-16-13-17-23-43)66-56-27-19-24-50(57(56)65-59(66)52-26-18-25-51(58(52)67)42-20-14-12-15-21-42)45-36-46(38-49(37-45)61(4,5)6)54-39-44(34-35-64-54)41-28-30-47(31-29-41)63(10,11)62(7,8)9/h12-40,67H,1-11H3. The maximum absolute atomic E-state index is 12.3. The molecular weight excluding hydrogens is 815 g/mol. The van der Waals surface area contributed by atoms with Gasteiger partial charge in [-0.05, 0) is 115 Å². The Labute approximate surface area is 398 Å². The van der Waals surface area contributed by atoms with Crippen LogP contribution in [0.1, 0.15) is 92.9 Å². The van der Waals surface area contributed by atoms with Crippen LogP contribution in [0.5, 0.6) is 5.75 Å². The summed E-state index contributed by atoms with van der Waals surface area (Å²) in [5.74, 6) is 0.854. The van der Waals surface area contributed by atoms with Gasteiger partial charge < -0.3 is 5.11 Å². The fraction of sp³-hybridized carbons (Fsp3) is 0.238. The molecule has 0 atom stereocenters. The molecule has 67 heavy (non-hydrogen) atoms. The van der Waals surface area contributed by atoms with Crippen LogP contribution in [0.2, 0.25) is 0 Å². The maximum Gasteiger partial charge on any atom is 0.149 e. The van der Waals surface area contributed by atoms with Crippen LogP contribution >= 0.6 is 0 Å². The fourth-order valence-corrected chi connectivity index (χ4v) is 9.02. The number of fused-ring (bicyclic) bond motifs is 1. The predicted octanol–water partition coefficient (Wildman–Crippen LogP) is 17.0. The van der Waals surface area contributed by atoms with E-state index in [1.807, 2.05) is 54.7 Å². The van der Waals surface area contributed by atoms with Crippen molar-refractivity contribution in [3.63, 3.8) is 0 Å². The van der Waals surface area contributed by atoms with Crippen LogP contribution in [0.4, 0.5) is 0 Å². The van der Waals surface area contributed by atoms with Gasteiger partial charge in [0.2, 0.25) is 0 Å². The van der Waals surface area contributed by atoms with Gasteiger partial charge in [-0.15, -0.1) is 0 Å². The minimum atomic E-state index is -0.153. The first-order valence-corrected chi connectivity index (χ1v) is 23.6. The number of pyridine rings is 1. The molecule has 0 amide bonds. The number of hydrogen-bond donors (Lipinski definition) is 1. The van der Waals surface area contributed by atoms with Crippen molar-refractivity contribution in [1.82, 2.24) is 14.5 Å². The van der Waals surface area contributed by atoms with Crippen molar-refractivity contribution in [1.29, 1.82) is 0 Å². The fourth-order valence-electron chi connectivity index (χ4n) is 9.02. The Morgan fingerprint density at radius 3 is 1.64 bits per heavy atom. The number of aromatic hydroxyl groups is 1. The van der Waals surface area contributed by atoms with E-state index in [1.165, 1.54) is 16.7 Å². The molecule has 336 valence electrons. The first kappa shape index (κ1) is 45.1. The number of para-hydroxylation sites is 2. The van der Waals surface area contributed by atoms with Crippen molar-refractivity contribution in [3.8, 4) is 78.6 Å². The van der Waals surface area contributed by atoms with Crippen LogP contribution in [0.15, 0.2) is 176 Å². The van der Waals surface area contributed by atoms with Crippen LogP contribution in [0, 0.1) is 5.41 Å². The molecular formula is C63H63N3O. The van der Waals surface area contributed by atoms with Crippen LogP contribution in [-0.2, 0) is 16.2 Å². The Bertz CT molecular complexity index is 3240. The van der Waals surface area contributed by atoms with E-state index in [-0.39, 0.29) is 27.4 Å². The SMILES string of the molecule is CC(C)(C)c1cc(-c2cc(-c3ccc(C(C)(C)C(C)(C)C)cc3)ccn2)cc(-c2cccc3c2nc(-c2cccc(-c4ccccc4)c2O)n3-c2ccc(C(C)(C)C)cc2-c2ccccc2)c1. The van der Waals surface area contributed by atoms with E-state index in [0.717, 1.165) is 72.5 Å². The van der Waals surface area contributed by atoms with Gasteiger partial charge in [0, 0.05) is 28.5 Å². The lowest BCUT2D eigenvalue weighted by Crippen LogP contribution is -2.33. The van der Waals surface area contributed by atoms with Gasteiger partial charge in [0.1, 0.15) is 11.6 Å². The van der Waals surface area contributed by atoms with Gasteiger partial charge in [0.25, 0.3) is 0 Å². The summed E-state index contributed by atoms with van der Waals surface area (Å²) < 4.78 is 2.25. The number of phenolic OH excluding ortho intramolecular Hbond substituents is 1. The van der Waals surface area contributed by atoms with E-state index in [2.05, 4.69) is 202 Å². The summed E-state index contributed by atoms with van der Waals surface area (Å²) >= 11 is 0. The second-order valence-corrected chi connectivity index (χ2v) is 21.8. The van der Waals surface area contributed by atoms with Gasteiger partial charge >= 0.3 is 0 Å². The molecule has 0 saturated heterocycles. The number of hydrogen-bond acceptors (Lipinski definition) is 3. The summed E-state index contributed by atoms with van der Waals surface area (Å²) in [4.78, 5) is 10.6. The third-order valence-electron chi connectivity index (χ3n) is 14.2. The lowest BCUT2D eigenvalue weighted by atomic mass is 9.65. The molecule has 4 heteroatoms. The molecule has 0 unspecified atom stereocenters. The molecule has 0 fully saturated rings. The van der Waals surface area contributed by atoms with Gasteiger partial charge in [-0.25, -0.2) is 4.98 Å². The molecule has 2 heterocycles. The number of imidazole rings is 1. The molecule has 0 saturated carbocycles. The topological polar surface area (TPSA) is 50.9 Å². The second-order valence-electron chi connectivity index (χ2n) is 21.8. The molecule has 0 bridgehead atoms. The molecule has 2 aromatic heterocycles. The largest absolute Gasteiger partial charge is 0.507 e. The summed E-state index contributed by atoms with van der Waals surface area (Å²) in [6.45, 7) is 25.2. The van der Waals surface area contributed by atoms with Crippen molar-refractivity contribution < 1.29 is 5.11 Å². The van der Waals surface area contributed by atoms with Gasteiger partial charge in [-0.3, -0.25) is 9.55 Å². The normalized spacial score (nSPS) is 12.5. The third kappa shape index (κ3) is 8.62. The monoisotopic (exact) mass is 877 g/mol. The van der Waals surface area contributed by atoms with Gasteiger partial charge in [0.05, 0.1) is 28.0 Å². The van der Waals surface area contributed by atoms with Crippen LogP contribution in [-0.4, -0.2) is 19.6 Å². The number of aromatic nitrogens is 3. The average Bonchev–Trinajstić information content (AvgIpc) is 3.70. The zero-order valence-electron chi connectivity index (χ0n) is 41.0.